The van der Waals surface area contributed by atoms with Gasteiger partial charge in [0.1, 0.15) is 11.5 Å². The van der Waals surface area contributed by atoms with Crippen molar-refractivity contribution in [3.05, 3.63) is 119 Å². The summed E-state index contributed by atoms with van der Waals surface area (Å²) in [6.07, 6.45) is -0.0962. The zero-order chi connectivity index (χ0) is 43.9. The van der Waals surface area contributed by atoms with Crippen LogP contribution in [0.1, 0.15) is 68.1 Å². The standard InChI is InChI=1S/C46H44N4O12/c1-3-59-35-17-9-29(10-18-35)39(51)27-61-45(57)31-5-13-33(14-6-31)49-41(53)25-37(43(49)55)47-21-23-48(24-22-47)38-26-42(54)50(44(38)56)34-15-7-32(8-16-34)46(58)62-28-40(52)30-11-19-36(20-12-30)60-4-2/h5-20,37-38H,3-4,21-28H2,1-2H3. The second kappa shape index (κ2) is 19.1. The van der Waals surface area contributed by atoms with E-state index in [0.717, 1.165) is 9.80 Å². The van der Waals surface area contributed by atoms with Crippen molar-refractivity contribution < 1.29 is 57.3 Å². The van der Waals surface area contributed by atoms with Crippen LogP contribution < -0.4 is 19.3 Å². The Balaban J connectivity index is 0.876. The SMILES string of the molecule is CCOc1ccc(C(=O)COC(=O)c2ccc(N3C(=O)CC(N4CCN(C5CC(=O)N(c6ccc(C(=O)OCC(=O)c7ccc(OCC)cc7)cc6)C5=O)CC4)C3=O)cc2)cc1. The molecule has 3 aliphatic heterocycles. The smallest absolute Gasteiger partial charge is 0.338 e. The lowest BCUT2D eigenvalue weighted by atomic mass is 10.1. The summed E-state index contributed by atoms with van der Waals surface area (Å²) >= 11 is 0. The van der Waals surface area contributed by atoms with Gasteiger partial charge < -0.3 is 18.9 Å². The predicted octanol–water partition coefficient (Wildman–Crippen LogP) is 4.15. The number of piperazine rings is 1. The number of carbonyl (C=O) groups excluding carboxylic acids is 8. The first-order valence-corrected chi connectivity index (χ1v) is 20.2. The molecule has 3 fully saturated rings. The fraction of sp³-hybridized carbons (Fsp3) is 0.304. The number of benzene rings is 4. The number of anilines is 2. The van der Waals surface area contributed by atoms with Gasteiger partial charge in [0.25, 0.3) is 11.8 Å². The summed E-state index contributed by atoms with van der Waals surface area (Å²) in [7, 11) is 0. The third-order valence-corrected chi connectivity index (χ3v) is 10.8. The van der Waals surface area contributed by atoms with Crippen LogP contribution >= 0.6 is 0 Å². The molecule has 62 heavy (non-hydrogen) atoms. The van der Waals surface area contributed by atoms with Gasteiger partial charge in [-0.05, 0) is 111 Å². The molecule has 4 amide bonds. The highest BCUT2D eigenvalue weighted by Crippen LogP contribution is 2.30. The number of ketones is 2. The predicted molar refractivity (Wildman–Crippen MR) is 222 cm³/mol. The van der Waals surface area contributed by atoms with E-state index in [1.54, 1.807) is 48.5 Å². The molecule has 2 atom stereocenters. The van der Waals surface area contributed by atoms with Crippen LogP contribution in [0.25, 0.3) is 0 Å². The minimum atomic E-state index is -0.737. The summed E-state index contributed by atoms with van der Waals surface area (Å²) in [6.45, 7) is 5.22. The van der Waals surface area contributed by atoms with E-state index in [4.69, 9.17) is 18.9 Å². The lowest BCUT2D eigenvalue weighted by Crippen LogP contribution is -2.56. The topological polar surface area (TPSA) is 186 Å². The normalized spacial score (nSPS) is 18.2. The molecule has 4 aromatic carbocycles. The van der Waals surface area contributed by atoms with E-state index in [1.165, 1.54) is 48.5 Å². The van der Waals surface area contributed by atoms with Gasteiger partial charge in [-0.3, -0.25) is 38.6 Å². The average Bonchev–Trinajstić information content (AvgIpc) is 3.77. The minimum Gasteiger partial charge on any atom is -0.494 e. The third-order valence-electron chi connectivity index (χ3n) is 10.8. The molecule has 16 nitrogen and oxygen atoms in total. The van der Waals surface area contributed by atoms with Crippen LogP contribution in [0, 0.1) is 0 Å². The van der Waals surface area contributed by atoms with Crippen molar-refractivity contribution in [2.75, 3.05) is 62.4 Å². The van der Waals surface area contributed by atoms with Gasteiger partial charge >= 0.3 is 11.9 Å². The van der Waals surface area contributed by atoms with Crippen LogP contribution in [0.5, 0.6) is 11.5 Å². The molecule has 3 aliphatic rings. The third kappa shape index (κ3) is 9.46. The number of amides is 4. The number of nitrogens with zero attached hydrogens (tertiary/aromatic N) is 4. The molecule has 16 heteroatoms. The average molecular weight is 845 g/mol. The Bertz CT molecular complexity index is 2190. The second-order valence-corrected chi connectivity index (χ2v) is 14.7. The highest BCUT2D eigenvalue weighted by atomic mass is 16.5. The highest BCUT2D eigenvalue weighted by molar-refractivity contribution is 6.23. The quantitative estimate of drug-likeness (QED) is 0.0890. The summed E-state index contributed by atoms with van der Waals surface area (Å²) in [5.74, 6) is -2.64. The zero-order valence-electron chi connectivity index (χ0n) is 34.2. The van der Waals surface area contributed by atoms with Gasteiger partial charge in [0.15, 0.2) is 24.8 Å². The molecular formula is C46H44N4O12. The van der Waals surface area contributed by atoms with Crippen LogP contribution in [0.15, 0.2) is 97.1 Å². The fourth-order valence-corrected chi connectivity index (χ4v) is 7.60. The van der Waals surface area contributed by atoms with Crippen molar-refractivity contribution in [2.45, 2.75) is 38.8 Å². The van der Waals surface area contributed by atoms with Crippen LogP contribution in [-0.4, -0.2) is 122 Å². The fourth-order valence-electron chi connectivity index (χ4n) is 7.60. The summed E-state index contributed by atoms with van der Waals surface area (Å²) < 4.78 is 21.2. The molecule has 0 aliphatic carbocycles. The van der Waals surface area contributed by atoms with E-state index in [1.807, 2.05) is 23.6 Å². The molecule has 3 saturated heterocycles. The summed E-state index contributed by atoms with van der Waals surface area (Å²) in [4.78, 5) is 110. The number of Topliss-reactive ketones (excluding diaryl/α,β-unsaturated/α-hetero) is 2. The first-order valence-electron chi connectivity index (χ1n) is 20.2. The van der Waals surface area contributed by atoms with Crippen LogP contribution in [0.3, 0.4) is 0 Å². The Morgan fingerprint density at radius 1 is 0.484 bits per heavy atom. The van der Waals surface area contributed by atoms with Gasteiger partial charge in [-0.2, -0.15) is 0 Å². The molecule has 0 bridgehead atoms. The maximum absolute atomic E-state index is 13.6. The van der Waals surface area contributed by atoms with Crippen molar-refractivity contribution in [1.29, 1.82) is 0 Å². The van der Waals surface area contributed by atoms with Crippen LogP contribution in [0.4, 0.5) is 11.4 Å². The molecule has 3 heterocycles. The van der Waals surface area contributed by atoms with Crippen LogP contribution in [0.2, 0.25) is 0 Å². The maximum Gasteiger partial charge on any atom is 0.338 e. The first kappa shape index (κ1) is 43.1. The Hall–Kier alpha value is -7.04. The van der Waals surface area contributed by atoms with Gasteiger partial charge in [0.2, 0.25) is 11.8 Å². The monoisotopic (exact) mass is 844 g/mol. The number of carbonyl (C=O) groups is 8. The number of hydrogen-bond acceptors (Lipinski definition) is 14. The minimum absolute atomic E-state index is 0.0481. The molecule has 0 aromatic heterocycles. The Morgan fingerprint density at radius 3 is 1.13 bits per heavy atom. The Kier molecular flexibility index (Phi) is 13.3. The lowest BCUT2D eigenvalue weighted by Gasteiger charge is -2.38. The maximum atomic E-state index is 13.6. The number of hydrogen-bond donors (Lipinski definition) is 0. The van der Waals surface area contributed by atoms with Crippen molar-refractivity contribution >= 4 is 58.5 Å². The zero-order valence-corrected chi connectivity index (χ0v) is 34.2. The molecule has 0 N–H and O–H groups in total. The highest BCUT2D eigenvalue weighted by Gasteiger charge is 2.47. The molecule has 0 spiro atoms. The molecule has 2 unspecified atom stereocenters. The van der Waals surface area contributed by atoms with E-state index in [-0.39, 0.29) is 35.5 Å². The second-order valence-electron chi connectivity index (χ2n) is 14.7. The van der Waals surface area contributed by atoms with E-state index < -0.39 is 60.9 Å². The largest absolute Gasteiger partial charge is 0.494 e. The summed E-state index contributed by atoms with van der Waals surface area (Å²) in [5.41, 5.74) is 1.59. The van der Waals surface area contributed by atoms with Crippen molar-refractivity contribution in [2.24, 2.45) is 0 Å². The van der Waals surface area contributed by atoms with Gasteiger partial charge in [-0.15, -0.1) is 0 Å². The Morgan fingerprint density at radius 2 is 0.806 bits per heavy atom. The van der Waals surface area contributed by atoms with E-state index in [9.17, 15) is 38.4 Å². The Labute approximate surface area is 356 Å². The van der Waals surface area contributed by atoms with Gasteiger partial charge in [0.05, 0.1) is 60.6 Å². The van der Waals surface area contributed by atoms with Crippen molar-refractivity contribution in [3.8, 4) is 11.5 Å². The summed E-state index contributed by atoms with van der Waals surface area (Å²) in [5, 5.41) is 0. The molecule has 320 valence electrons. The van der Waals surface area contributed by atoms with Crippen molar-refractivity contribution in [1.82, 2.24) is 9.80 Å². The van der Waals surface area contributed by atoms with E-state index in [0.29, 0.717) is 73.4 Å². The number of esters is 2. The van der Waals surface area contributed by atoms with Gasteiger partial charge in [-0.1, -0.05) is 0 Å². The molecule has 7 rings (SSSR count). The van der Waals surface area contributed by atoms with E-state index in [2.05, 4.69) is 0 Å². The lowest BCUT2D eigenvalue weighted by molar-refractivity contribution is -0.126. The van der Waals surface area contributed by atoms with E-state index >= 15 is 0 Å². The number of imide groups is 2. The molecule has 0 saturated carbocycles. The molecular weight excluding hydrogens is 801 g/mol. The van der Waals surface area contributed by atoms with Gasteiger partial charge in [-0.25, -0.2) is 19.4 Å². The first-order chi connectivity index (χ1) is 29.9. The number of rotatable bonds is 16. The number of ether oxygens (including phenoxy) is 4. The van der Waals surface area contributed by atoms with Crippen molar-refractivity contribution in [3.63, 3.8) is 0 Å². The molecule has 4 aromatic rings. The summed E-state index contributed by atoms with van der Waals surface area (Å²) in [6, 6.07) is 23.1. The molecule has 0 radical (unpaired) electrons. The van der Waals surface area contributed by atoms with Crippen LogP contribution in [-0.2, 0) is 28.7 Å². The van der Waals surface area contributed by atoms with Gasteiger partial charge in [0, 0.05) is 37.3 Å².